The second-order valence-corrected chi connectivity index (χ2v) is 13.8. The number of amides is 1. The van der Waals surface area contributed by atoms with Gasteiger partial charge >= 0.3 is 6.18 Å². The Kier molecular flexibility index (Phi) is 6.52. The highest BCUT2D eigenvalue weighted by molar-refractivity contribution is 8.01. The van der Waals surface area contributed by atoms with Gasteiger partial charge in [-0.05, 0) is 57.9 Å². The maximum absolute atomic E-state index is 14.9. The van der Waals surface area contributed by atoms with Crippen molar-refractivity contribution < 1.29 is 31.1 Å². The van der Waals surface area contributed by atoms with Crippen LogP contribution in [0.5, 0.6) is 0 Å². The molecule has 1 aliphatic heterocycles. The first kappa shape index (κ1) is 28.1. The minimum absolute atomic E-state index is 0.0957. The highest BCUT2D eigenvalue weighted by Gasteiger charge is 2.67. The third-order valence-electron chi connectivity index (χ3n) is 7.68. The van der Waals surface area contributed by atoms with Crippen LogP contribution in [0.2, 0.25) is 0 Å². The summed E-state index contributed by atoms with van der Waals surface area (Å²) in [6.45, 7) is 2.00. The molecule has 0 bridgehead atoms. The van der Waals surface area contributed by atoms with Gasteiger partial charge in [-0.1, -0.05) is 17.3 Å². The number of anilines is 1. The van der Waals surface area contributed by atoms with Gasteiger partial charge in [-0.3, -0.25) is 13.7 Å². The van der Waals surface area contributed by atoms with Crippen LogP contribution in [0, 0.1) is 5.82 Å². The van der Waals surface area contributed by atoms with Gasteiger partial charge in [0.2, 0.25) is 5.91 Å². The zero-order valence-electron chi connectivity index (χ0n) is 22.4. The van der Waals surface area contributed by atoms with Crippen molar-refractivity contribution in [3.63, 3.8) is 0 Å². The molecule has 9 nitrogen and oxygen atoms in total. The van der Waals surface area contributed by atoms with Crippen LogP contribution in [0.15, 0.2) is 53.6 Å². The summed E-state index contributed by atoms with van der Waals surface area (Å²) in [5.41, 5.74) is -0.286. The minimum atomic E-state index is -4.47. The maximum Gasteiger partial charge on any atom is 0.401 e. The smallest absolute Gasteiger partial charge is 0.358 e. The molecule has 0 radical (unpaired) electrons. The lowest BCUT2D eigenvalue weighted by atomic mass is 10.0. The van der Waals surface area contributed by atoms with Crippen LogP contribution in [0.4, 0.5) is 23.4 Å². The van der Waals surface area contributed by atoms with E-state index in [1.165, 1.54) is 12.1 Å². The van der Waals surface area contributed by atoms with Gasteiger partial charge in [-0.15, -0.1) is 0 Å². The van der Waals surface area contributed by atoms with E-state index in [1.807, 2.05) is 17.8 Å². The van der Waals surface area contributed by atoms with Crippen LogP contribution < -0.4 is 5.32 Å². The molecule has 3 aromatic heterocycles. The third-order valence-corrected chi connectivity index (χ3v) is 9.98. The molecular weight excluding hydrogens is 576 g/mol. The highest BCUT2D eigenvalue weighted by Crippen LogP contribution is 2.59. The molecule has 2 fully saturated rings. The number of halogens is 4. The molecular formula is C28H26F4N6O3S. The van der Waals surface area contributed by atoms with Crippen LogP contribution in [-0.4, -0.2) is 58.6 Å². The predicted molar refractivity (Wildman–Crippen MR) is 147 cm³/mol. The van der Waals surface area contributed by atoms with E-state index >= 15 is 0 Å². The summed E-state index contributed by atoms with van der Waals surface area (Å²) in [4.78, 5) is 21.2. The summed E-state index contributed by atoms with van der Waals surface area (Å²) >= 11 is 0. The maximum atomic E-state index is 14.9. The van der Waals surface area contributed by atoms with Gasteiger partial charge in [0.1, 0.15) is 17.1 Å². The standard InChI is InChI=1S/C28H26F4N6O3S/c1-26(15-42(2,40)16-26)38-14-17(11-35-38)7-23-33-12-20(13-34-23)18-3-4-19(21(29)8-18)9-25(39)36-24-10-22(41-37-24)27(5-6-27)28(30,31)32/h3-4,8,10-14H,2,5-7,9,15-16H2,1H3,(H,36,37,39). The van der Waals surface area contributed by atoms with E-state index in [2.05, 4.69) is 31.4 Å². The van der Waals surface area contributed by atoms with Crippen LogP contribution in [0.1, 0.15) is 42.5 Å². The largest absolute Gasteiger partial charge is 0.401 e. The molecule has 1 aromatic carbocycles. The predicted octanol–water partition coefficient (Wildman–Crippen LogP) is 4.28. The summed E-state index contributed by atoms with van der Waals surface area (Å²) in [5, 5.41) is 10.3. The number of hydrogen-bond donors (Lipinski definition) is 1. The fourth-order valence-corrected chi connectivity index (χ4v) is 7.78. The molecule has 1 N–H and O–H groups in total. The van der Waals surface area contributed by atoms with Crippen molar-refractivity contribution in [3.8, 4) is 11.1 Å². The highest BCUT2D eigenvalue weighted by atomic mass is 32.2. The number of hydrogen-bond acceptors (Lipinski definition) is 7. The third kappa shape index (κ3) is 5.30. The van der Waals surface area contributed by atoms with E-state index in [4.69, 9.17) is 4.52 Å². The van der Waals surface area contributed by atoms with Crippen molar-refractivity contribution in [2.45, 2.75) is 49.7 Å². The average Bonchev–Trinajstić information content (AvgIpc) is 3.37. The Balaban J connectivity index is 1.06. The van der Waals surface area contributed by atoms with Crippen LogP contribution in [0.25, 0.3) is 11.1 Å². The molecule has 4 heterocycles. The van der Waals surface area contributed by atoms with Crippen molar-refractivity contribution in [2.24, 2.45) is 0 Å². The van der Waals surface area contributed by atoms with Gasteiger partial charge in [0.25, 0.3) is 0 Å². The van der Waals surface area contributed by atoms with Crippen molar-refractivity contribution in [2.75, 3.05) is 16.8 Å². The summed E-state index contributed by atoms with van der Waals surface area (Å²) in [6, 6.07) is 5.40. The van der Waals surface area contributed by atoms with Crippen LogP contribution in [0.3, 0.4) is 0 Å². The summed E-state index contributed by atoms with van der Waals surface area (Å²) in [5.74, 6) is 3.48. The second kappa shape index (κ2) is 9.75. The normalized spacial score (nSPS) is 22.9. The summed E-state index contributed by atoms with van der Waals surface area (Å²) < 4.78 is 73.4. The first-order chi connectivity index (χ1) is 19.8. The van der Waals surface area contributed by atoms with Gasteiger partial charge < -0.3 is 9.84 Å². The molecule has 42 heavy (non-hydrogen) atoms. The lowest BCUT2D eigenvalue weighted by Crippen LogP contribution is -2.54. The number of nitrogens with zero attached hydrogens (tertiary/aromatic N) is 5. The van der Waals surface area contributed by atoms with Crippen molar-refractivity contribution in [3.05, 3.63) is 77.6 Å². The molecule has 4 aromatic rings. The SMILES string of the molecule is C=S1(=O)CC(C)(n2cc(Cc3ncc(-c4ccc(CC(=O)Nc5cc(C6(C(F)(F)F)CC6)on5)c(F)c4)cn3)cn2)C1. The number of nitrogens with one attached hydrogen (secondary N) is 1. The molecule has 0 spiro atoms. The Bertz CT molecular complexity index is 1760. The van der Waals surface area contributed by atoms with Gasteiger partial charge in [-0.25, -0.2) is 14.4 Å². The molecule has 0 atom stereocenters. The monoisotopic (exact) mass is 602 g/mol. The van der Waals surface area contributed by atoms with E-state index in [1.54, 1.807) is 24.7 Å². The Morgan fingerprint density at radius 2 is 1.86 bits per heavy atom. The van der Waals surface area contributed by atoms with E-state index in [-0.39, 0.29) is 41.9 Å². The van der Waals surface area contributed by atoms with Gasteiger partial charge in [0.15, 0.2) is 11.6 Å². The Morgan fingerprint density at radius 3 is 2.48 bits per heavy atom. The van der Waals surface area contributed by atoms with Gasteiger partial charge in [0.05, 0.1) is 18.2 Å². The van der Waals surface area contributed by atoms with Crippen LogP contribution in [-0.2, 0) is 38.1 Å². The van der Waals surface area contributed by atoms with Crippen LogP contribution >= 0.6 is 0 Å². The Labute approximate surface area is 238 Å². The first-order valence-corrected chi connectivity index (χ1v) is 15.1. The van der Waals surface area contributed by atoms with E-state index < -0.39 is 32.8 Å². The number of carbonyl (C=O) groups excluding carboxylic acids is 1. The van der Waals surface area contributed by atoms with Gasteiger partial charge in [0, 0.05) is 48.1 Å². The van der Waals surface area contributed by atoms with Crippen molar-refractivity contribution >= 4 is 27.1 Å². The quantitative estimate of drug-likeness (QED) is 0.237. The van der Waals surface area contributed by atoms with Crippen molar-refractivity contribution in [1.82, 2.24) is 24.9 Å². The fraction of sp³-hybridized carbons (Fsp3) is 0.357. The molecule has 0 unspecified atom stereocenters. The molecule has 1 saturated heterocycles. The molecule has 1 amide bonds. The molecule has 1 saturated carbocycles. The minimum Gasteiger partial charge on any atom is -0.358 e. The zero-order chi connectivity index (χ0) is 29.9. The fourth-order valence-electron chi connectivity index (χ4n) is 5.33. The van der Waals surface area contributed by atoms with E-state index in [9.17, 15) is 26.6 Å². The summed E-state index contributed by atoms with van der Waals surface area (Å²) in [6.07, 6.45) is 2.19. The first-order valence-electron chi connectivity index (χ1n) is 13.1. The molecule has 1 aliphatic carbocycles. The molecule has 220 valence electrons. The lowest BCUT2D eigenvalue weighted by molar-refractivity contribution is -0.165. The Hall–Kier alpha value is -4.07. The van der Waals surface area contributed by atoms with E-state index in [0.717, 1.165) is 11.6 Å². The number of benzene rings is 1. The summed E-state index contributed by atoms with van der Waals surface area (Å²) in [7, 11) is -2.02. The topological polar surface area (TPSA) is 116 Å². The molecule has 14 heteroatoms. The number of alkyl halides is 3. The zero-order valence-corrected chi connectivity index (χ0v) is 23.3. The molecule has 6 rings (SSSR count). The number of rotatable bonds is 8. The number of carbonyl (C=O) groups is 1. The second-order valence-electron chi connectivity index (χ2n) is 11.3. The van der Waals surface area contributed by atoms with E-state index in [0.29, 0.717) is 34.9 Å². The lowest BCUT2D eigenvalue weighted by Gasteiger charge is -2.41. The Morgan fingerprint density at radius 1 is 1.14 bits per heavy atom. The van der Waals surface area contributed by atoms with Gasteiger partial charge in [-0.2, -0.15) is 18.3 Å². The average molecular weight is 603 g/mol. The van der Waals surface area contributed by atoms with Crippen molar-refractivity contribution in [1.29, 1.82) is 0 Å². The number of aromatic nitrogens is 5. The molecule has 2 aliphatic rings.